The zero-order valence-corrected chi connectivity index (χ0v) is 13.5. The van der Waals surface area contributed by atoms with Crippen LogP contribution in [0.1, 0.15) is 33.6 Å². The van der Waals surface area contributed by atoms with Crippen molar-refractivity contribution in [1.82, 2.24) is 10.2 Å². The summed E-state index contributed by atoms with van der Waals surface area (Å²) < 4.78 is 5.25. The highest BCUT2D eigenvalue weighted by atomic mass is 32.2. The molecule has 1 aliphatic heterocycles. The minimum atomic E-state index is 0.147. The van der Waals surface area contributed by atoms with Gasteiger partial charge in [0.25, 0.3) is 0 Å². The Labute approximate surface area is 121 Å². The molecule has 0 aromatic rings. The lowest BCUT2D eigenvalue weighted by Crippen LogP contribution is -2.49. The first-order chi connectivity index (χ1) is 8.90. The largest absolute Gasteiger partial charge is 0.383 e. The summed E-state index contributed by atoms with van der Waals surface area (Å²) in [6, 6.07) is 0.304. The number of piperidine rings is 1. The van der Waals surface area contributed by atoms with Gasteiger partial charge in [-0.15, -0.1) is 11.8 Å². The van der Waals surface area contributed by atoms with Crippen molar-refractivity contribution in [3.05, 3.63) is 0 Å². The molecule has 0 spiro atoms. The molecule has 0 aliphatic carbocycles. The topological polar surface area (TPSA) is 41.6 Å². The fourth-order valence-electron chi connectivity index (χ4n) is 2.15. The highest BCUT2D eigenvalue weighted by Crippen LogP contribution is 2.22. The second-order valence-corrected chi connectivity index (χ2v) is 7.90. The number of nitrogens with one attached hydrogen (secondary N) is 1. The Bertz CT molecular complexity index is 279. The fourth-order valence-corrected chi connectivity index (χ4v) is 2.80. The van der Waals surface area contributed by atoms with Gasteiger partial charge >= 0.3 is 0 Å². The summed E-state index contributed by atoms with van der Waals surface area (Å²) >= 11 is 1.70. The molecule has 0 bridgehead atoms. The number of amides is 1. The van der Waals surface area contributed by atoms with Gasteiger partial charge in [0.15, 0.2) is 0 Å². The molecule has 1 saturated heterocycles. The summed E-state index contributed by atoms with van der Waals surface area (Å²) in [7, 11) is 1.73. The molecule has 0 saturated carbocycles. The Balaban J connectivity index is 2.25. The summed E-state index contributed by atoms with van der Waals surface area (Å²) in [5.41, 5.74) is 0. The minimum Gasteiger partial charge on any atom is -0.383 e. The molecule has 19 heavy (non-hydrogen) atoms. The van der Waals surface area contributed by atoms with Gasteiger partial charge < -0.3 is 10.1 Å². The summed E-state index contributed by atoms with van der Waals surface area (Å²) in [5.74, 6) is 0.719. The standard InChI is InChI=1S/C14H28N2O2S/c1-14(2,3)19-11-13(17)15-12-6-5-7-16(10-12)8-9-18-4/h12H,5-11H2,1-4H3,(H,15,17)/t12-/m1/s1. The number of carbonyl (C=O) groups excluding carboxylic acids is 1. The van der Waals surface area contributed by atoms with Crippen LogP contribution in [-0.4, -0.2) is 60.7 Å². The molecule has 1 heterocycles. The van der Waals surface area contributed by atoms with Gasteiger partial charge in [-0.05, 0) is 19.4 Å². The highest BCUT2D eigenvalue weighted by Gasteiger charge is 2.21. The van der Waals surface area contributed by atoms with E-state index in [0.29, 0.717) is 11.8 Å². The van der Waals surface area contributed by atoms with E-state index < -0.39 is 0 Å². The van der Waals surface area contributed by atoms with E-state index in [-0.39, 0.29) is 10.7 Å². The number of methoxy groups -OCH3 is 1. The highest BCUT2D eigenvalue weighted by molar-refractivity contribution is 8.01. The van der Waals surface area contributed by atoms with Crippen LogP contribution >= 0.6 is 11.8 Å². The monoisotopic (exact) mass is 288 g/mol. The van der Waals surface area contributed by atoms with Crippen LogP contribution in [0.3, 0.4) is 0 Å². The van der Waals surface area contributed by atoms with Crippen molar-refractivity contribution in [2.24, 2.45) is 0 Å². The first kappa shape index (κ1) is 16.8. The first-order valence-corrected chi connectivity index (χ1v) is 8.04. The number of rotatable bonds is 6. The van der Waals surface area contributed by atoms with Gasteiger partial charge in [-0.2, -0.15) is 0 Å². The van der Waals surface area contributed by atoms with E-state index in [1.54, 1.807) is 18.9 Å². The van der Waals surface area contributed by atoms with Crippen molar-refractivity contribution >= 4 is 17.7 Å². The summed E-state index contributed by atoms with van der Waals surface area (Å²) in [6.45, 7) is 10.2. The normalized spacial score (nSPS) is 21.4. The van der Waals surface area contributed by atoms with E-state index in [9.17, 15) is 4.79 Å². The quantitative estimate of drug-likeness (QED) is 0.808. The molecular weight excluding hydrogens is 260 g/mol. The van der Waals surface area contributed by atoms with Crippen LogP contribution in [-0.2, 0) is 9.53 Å². The van der Waals surface area contributed by atoms with Crippen LogP contribution in [0, 0.1) is 0 Å². The Kier molecular flexibility index (Phi) is 7.18. The maximum absolute atomic E-state index is 11.9. The summed E-state index contributed by atoms with van der Waals surface area (Å²) in [6.07, 6.45) is 2.25. The second-order valence-electron chi connectivity index (χ2n) is 6.10. The maximum atomic E-state index is 11.9. The first-order valence-electron chi connectivity index (χ1n) is 7.05. The van der Waals surface area contributed by atoms with E-state index in [4.69, 9.17) is 4.74 Å². The smallest absolute Gasteiger partial charge is 0.230 e. The zero-order valence-electron chi connectivity index (χ0n) is 12.7. The molecule has 0 aromatic heterocycles. The summed E-state index contributed by atoms with van der Waals surface area (Å²) in [5, 5.41) is 3.16. The lowest BCUT2D eigenvalue weighted by atomic mass is 10.1. The lowest BCUT2D eigenvalue weighted by Gasteiger charge is -2.33. The molecule has 112 valence electrons. The van der Waals surface area contributed by atoms with Gasteiger partial charge in [-0.25, -0.2) is 0 Å². The Hall–Kier alpha value is -0.260. The van der Waals surface area contributed by atoms with E-state index in [2.05, 4.69) is 31.0 Å². The van der Waals surface area contributed by atoms with Gasteiger partial charge in [0.05, 0.1) is 12.4 Å². The zero-order chi connectivity index (χ0) is 14.3. The molecule has 1 N–H and O–H groups in total. The van der Waals surface area contributed by atoms with Crippen LogP contribution < -0.4 is 5.32 Å². The Morgan fingerprint density at radius 3 is 2.84 bits per heavy atom. The molecule has 1 amide bonds. The minimum absolute atomic E-state index is 0.147. The molecule has 0 aromatic carbocycles. The van der Waals surface area contributed by atoms with E-state index >= 15 is 0 Å². The van der Waals surface area contributed by atoms with Crippen LogP contribution in [0.25, 0.3) is 0 Å². The van der Waals surface area contributed by atoms with Crippen LogP contribution in [0.2, 0.25) is 0 Å². The third-order valence-electron chi connectivity index (χ3n) is 3.12. The van der Waals surface area contributed by atoms with Gasteiger partial charge in [-0.1, -0.05) is 20.8 Å². The average molecular weight is 288 g/mol. The van der Waals surface area contributed by atoms with E-state index in [1.807, 2.05) is 0 Å². The van der Waals surface area contributed by atoms with Crippen LogP contribution in [0.15, 0.2) is 0 Å². The number of hydrogen-bond donors (Lipinski definition) is 1. The molecule has 4 nitrogen and oxygen atoms in total. The van der Waals surface area contributed by atoms with Crippen molar-refractivity contribution in [3.63, 3.8) is 0 Å². The predicted octanol–water partition coefficient (Wildman–Crippen LogP) is 1.75. The molecule has 1 fully saturated rings. The molecule has 1 atom stereocenters. The Morgan fingerprint density at radius 1 is 1.47 bits per heavy atom. The third kappa shape index (κ3) is 7.80. The van der Waals surface area contributed by atoms with Crippen molar-refractivity contribution < 1.29 is 9.53 Å². The van der Waals surface area contributed by atoms with Crippen LogP contribution in [0.5, 0.6) is 0 Å². The number of likely N-dealkylation sites (tertiary alicyclic amines) is 1. The Morgan fingerprint density at radius 2 is 2.21 bits per heavy atom. The molecule has 1 aliphatic rings. The number of thioether (sulfide) groups is 1. The second kappa shape index (κ2) is 8.12. The molecule has 0 unspecified atom stereocenters. The fraction of sp³-hybridized carbons (Fsp3) is 0.929. The van der Waals surface area contributed by atoms with Crippen molar-refractivity contribution in [2.45, 2.75) is 44.4 Å². The number of carbonyl (C=O) groups is 1. The van der Waals surface area contributed by atoms with Gasteiger partial charge in [0.2, 0.25) is 5.91 Å². The molecule has 1 rings (SSSR count). The molecular formula is C14H28N2O2S. The maximum Gasteiger partial charge on any atom is 0.230 e. The van der Waals surface area contributed by atoms with E-state index in [0.717, 1.165) is 39.1 Å². The average Bonchev–Trinajstić information content (AvgIpc) is 2.33. The lowest BCUT2D eigenvalue weighted by molar-refractivity contribution is -0.119. The number of nitrogens with zero attached hydrogens (tertiary/aromatic N) is 1. The molecule has 5 heteroatoms. The summed E-state index contributed by atoms with van der Waals surface area (Å²) in [4.78, 5) is 14.3. The number of ether oxygens (including phenoxy) is 1. The third-order valence-corrected chi connectivity index (χ3v) is 4.39. The molecule has 0 radical (unpaired) electrons. The van der Waals surface area contributed by atoms with Crippen molar-refractivity contribution in [1.29, 1.82) is 0 Å². The van der Waals surface area contributed by atoms with E-state index in [1.165, 1.54) is 0 Å². The van der Waals surface area contributed by atoms with Gasteiger partial charge in [0.1, 0.15) is 0 Å². The SMILES string of the molecule is COCCN1CCC[C@@H](NC(=O)CSC(C)(C)C)C1. The van der Waals surface area contributed by atoms with Gasteiger partial charge in [-0.3, -0.25) is 9.69 Å². The predicted molar refractivity (Wildman–Crippen MR) is 81.7 cm³/mol. The number of hydrogen-bond acceptors (Lipinski definition) is 4. The van der Waals surface area contributed by atoms with Crippen molar-refractivity contribution in [3.8, 4) is 0 Å². The van der Waals surface area contributed by atoms with Gasteiger partial charge in [0, 0.05) is 31.0 Å². The van der Waals surface area contributed by atoms with Crippen molar-refractivity contribution in [2.75, 3.05) is 39.1 Å². The van der Waals surface area contributed by atoms with Crippen LogP contribution in [0.4, 0.5) is 0 Å².